The summed E-state index contributed by atoms with van der Waals surface area (Å²) in [5.41, 5.74) is 2.98. The summed E-state index contributed by atoms with van der Waals surface area (Å²) in [6.45, 7) is 4.63. The van der Waals surface area contributed by atoms with E-state index in [9.17, 15) is 10.1 Å². The van der Waals surface area contributed by atoms with E-state index in [1.807, 2.05) is 60.7 Å². The molecule has 0 amide bonds. The number of carbonyl (C=O) groups excluding carboxylic acids is 1. The number of nitriles is 1. The standard InChI is InChI=1S/C24H27NO2/c1-3-5-10-19(4-2)18-27-24(26)23(17-25)16-20-11-9-14-22(15-20)21-12-7-6-8-13-21/h6-9,11-16,19H,3-5,10,18H2,1-2H3. The number of rotatable bonds is 9. The Morgan fingerprint density at radius 2 is 1.85 bits per heavy atom. The van der Waals surface area contributed by atoms with Crippen molar-refractivity contribution in [1.82, 2.24) is 0 Å². The van der Waals surface area contributed by atoms with E-state index in [-0.39, 0.29) is 5.57 Å². The minimum Gasteiger partial charge on any atom is -0.461 e. The summed E-state index contributed by atoms with van der Waals surface area (Å²) in [4.78, 5) is 12.3. The number of hydrogen-bond acceptors (Lipinski definition) is 3. The average Bonchev–Trinajstić information content (AvgIpc) is 2.72. The van der Waals surface area contributed by atoms with E-state index in [4.69, 9.17) is 4.74 Å². The summed E-state index contributed by atoms with van der Waals surface area (Å²) in [6, 6.07) is 19.8. The summed E-state index contributed by atoms with van der Waals surface area (Å²) in [6.07, 6.45) is 5.87. The van der Waals surface area contributed by atoms with Crippen LogP contribution in [-0.2, 0) is 9.53 Å². The zero-order valence-corrected chi connectivity index (χ0v) is 16.2. The molecule has 1 unspecified atom stereocenters. The zero-order chi connectivity index (χ0) is 19.5. The molecular weight excluding hydrogens is 334 g/mol. The Hall–Kier alpha value is -2.86. The number of esters is 1. The van der Waals surface area contributed by atoms with Crippen LogP contribution in [0.5, 0.6) is 0 Å². The van der Waals surface area contributed by atoms with Crippen molar-refractivity contribution < 1.29 is 9.53 Å². The lowest BCUT2D eigenvalue weighted by atomic mass is 10.0. The molecule has 140 valence electrons. The van der Waals surface area contributed by atoms with Crippen LogP contribution in [0, 0.1) is 17.2 Å². The predicted molar refractivity (Wildman–Crippen MR) is 110 cm³/mol. The van der Waals surface area contributed by atoms with Crippen LogP contribution in [0.25, 0.3) is 17.2 Å². The van der Waals surface area contributed by atoms with Gasteiger partial charge in [0.25, 0.3) is 0 Å². The molecule has 3 heteroatoms. The Bertz CT molecular complexity index is 803. The second-order valence-corrected chi connectivity index (χ2v) is 6.68. The van der Waals surface area contributed by atoms with Gasteiger partial charge in [-0.15, -0.1) is 0 Å². The first-order valence-electron chi connectivity index (χ1n) is 9.62. The molecule has 2 aromatic carbocycles. The Labute approximate surface area is 162 Å². The van der Waals surface area contributed by atoms with Gasteiger partial charge in [0, 0.05) is 0 Å². The Morgan fingerprint density at radius 1 is 1.11 bits per heavy atom. The lowest BCUT2D eigenvalue weighted by Gasteiger charge is -2.14. The zero-order valence-electron chi connectivity index (χ0n) is 16.2. The van der Waals surface area contributed by atoms with Gasteiger partial charge in [-0.05, 0) is 41.2 Å². The number of ether oxygens (including phenoxy) is 1. The van der Waals surface area contributed by atoms with Crippen molar-refractivity contribution in [2.45, 2.75) is 39.5 Å². The minimum atomic E-state index is -0.544. The van der Waals surface area contributed by atoms with Gasteiger partial charge in [0.05, 0.1) is 6.61 Å². The molecule has 2 aromatic rings. The minimum absolute atomic E-state index is 0.0329. The highest BCUT2D eigenvalue weighted by molar-refractivity contribution is 5.98. The fourth-order valence-corrected chi connectivity index (χ4v) is 2.91. The summed E-state index contributed by atoms with van der Waals surface area (Å²) in [7, 11) is 0. The molecule has 0 aliphatic heterocycles. The van der Waals surface area contributed by atoms with Crippen LogP contribution in [0.15, 0.2) is 60.2 Å². The molecular formula is C24H27NO2. The van der Waals surface area contributed by atoms with Crippen LogP contribution in [0.1, 0.15) is 45.1 Å². The highest BCUT2D eigenvalue weighted by Gasteiger charge is 2.14. The first kappa shape index (κ1) is 20.5. The monoisotopic (exact) mass is 361 g/mol. The maximum atomic E-state index is 12.3. The smallest absolute Gasteiger partial charge is 0.348 e. The molecule has 0 saturated heterocycles. The molecule has 27 heavy (non-hydrogen) atoms. The van der Waals surface area contributed by atoms with Crippen molar-refractivity contribution in [3.8, 4) is 17.2 Å². The van der Waals surface area contributed by atoms with Crippen LogP contribution in [0.3, 0.4) is 0 Å². The molecule has 0 fully saturated rings. The number of nitrogens with zero attached hydrogens (tertiary/aromatic N) is 1. The van der Waals surface area contributed by atoms with E-state index >= 15 is 0 Å². The van der Waals surface area contributed by atoms with E-state index in [0.717, 1.165) is 42.4 Å². The topological polar surface area (TPSA) is 50.1 Å². The molecule has 0 radical (unpaired) electrons. The Balaban J connectivity index is 2.09. The van der Waals surface area contributed by atoms with Crippen molar-refractivity contribution in [2.24, 2.45) is 5.92 Å². The second-order valence-electron chi connectivity index (χ2n) is 6.68. The first-order chi connectivity index (χ1) is 13.2. The lowest BCUT2D eigenvalue weighted by molar-refractivity contribution is -0.139. The lowest BCUT2D eigenvalue weighted by Crippen LogP contribution is -2.15. The van der Waals surface area contributed by atoms with Gasteiger partial charge in [-0.1, -0.05) is 81.6 Å². The third-order valence-corrected chi connectivity index (χ3v) is 4.64. The largest absolute Gasteiger partial charge is 0.461 e. The van der Waals surface area contributed by atoms with Gasteiger partial charge in [-0.25, -0.2) is 4.79 Å². The summed E-state index contributed by atoms with van der Waals surface area (Å²) < 4.78 is 5.40. The number of unbranched alkanes of at least 4 members (excludes halogenated alkanes) is 1. The average molecular weight is 361 g/mol. The molecule has 0 saturated carbocycles. The number of hydrogen-bond donors (Lipinski definition) is 0. The van der Waals surface area contributed by atoms with Crippen molar-refractivity contribution in [1.29, 1.82) is 5.26 Å². The van der Waals surface area contributed by atoms with Gasteiger partial charge >= 0.3 is 5.97 Å². The molecule has 0 bridgehead atoms. The molecule has 0 aliphatic rings. The van der Waals surface area contributed by atoms with Crippen LogP contribution in [-0.4, -0.2) is 12.6 Å². The van der Waals surface area contributed by atoms with Crippen molar-refractivity contribution in [2.75, 3.05) is 6.61 Å². The van der Waals surface area contributed by atoms with Gasteiger partial charge in [-0.3, -0.25) is 0 Å². The molecule has 0 spiro atoms. The van der Waals surface area contributed by atoms with Crippen molar-refractivity contribution >= 4 is 12.0 Å². The fourth-order valence-electron chi connectivity index (χ4n) is 2.91. The van der Waals surface area contributed by atoms with Crippen LogP contribution in [0.4, 0.5) is 0 Å². The number of benzene rings is 2. The van der Waals surface area contributed by atoms with E-state index in [2.05, 4.69) is 13.8 Å². The van der Waals surface area contributed by atoms with Crippen molar-refractivity contribution in [3.05, 3.63) is 65.7 Å². The molecule has 2 rings (SSSR count). The maximum absolute atomic E-state index is 12.3. The Morgan fingerprint density at radius 3 is 2.52 bits per heavy atom. The third kappa shape index (κ3) is 6.42. The van der Waals surface area contributed by atoms with Gasteiger partial charge < -0.3 is 4.74 Å². The van der Waals surface area contributed by atoms with Crippen LogP contribution < -0.4 is 0 Å². The van der Waals surface area contributed by atoms with Gasteiger partial charge in [0.2, 0.25) is 0 Å². The van der Waals surface area contributed by atoms with E-state index in [1.54, 1.807) is 6.08 Å². The molecule has 0 heterocycles. The molecule has 0 N–H and O–H groups in total. The van der Waals surface area contributed by atoms with Crippen LogP contribution >= 0.6 is 0 Å². The van der Waals surface area contributed by atoms with E-state index < -0.39 is 5.97 Å². The van der Waals surface area contributed by atoms with E-state index in [1.165, 1.54) is 0 Å². The maximum Gasteiger partial charge on any atom is 0.348 e. The van der Waals surface area contributed by atoms with E-state index in [0.29, 0.717) is 12.5 Å². The molecule has 0 aliphatic carbocycles. The quantitative estimate of drug-likeness (QED) is 0.312. The van der Waals surface area contributed by atoms with Gasteiger partial charge in [0.15, 0.2) is 0 Å². The van der Waals surface area contributed by atoms with Gasteiger partial charge in [0.1, 0.15) is 11.6 Å². The summed E-state index contributed by atoms with van der Waals surface area (Å²) in [5.74, 6) is -0.187. The first-order valence-corrected chi connectivity index (χ1v) is 9.62. The highest BCUT2D eigenvalue weighted by Crippen LogP contribution is 2.21. The molecule has 3 nitrogen and oxygen atoms in total. The predicted octanol–water partition coefficient (Wildman–Crippen LogP) is 6.02. The number of carbonyl (C=O) groups is 1. The summed E-state index contributed by atoms with van der Waals surface area (Å²) >= 11 is 0. The fraction of sp³-hybridized carbons (Fsp3) is 0.333. The summed E-state index contributed by atoms with van der Waals surface area (Å²) in [5, 5.41) is 9.39. The van der Waals surface area contributed by atoms with Crippen molar-refractivity contribution in [3.63, 3.8) is 0 Å². The van der Waals surface area contributed by atoms with Gasteiger partial charge in [-0.2, -0.15) is 5.26 Å². The molecule has 0 aromatic heterocycles. The normalized spacial score (nSPS) is 12.3. The second kappa shape index (κ2) is 11.0. The SMILES string of the molecule is CCCCC(CC)COC(=O)C(C#N)=Cc1cccc(-c2ccccc2)c1. The molecule has 1 atom stereocenters. The highest BCUT2D eigenvalue weighted by atomic mass is 16.5. The van der Waals surface area contributed by atoms with Crippen LogP contribution in [0.2, 0.25) is 0 Å². The third-order valence-electron chi connectivity index (χ3n) is 4.64. The Kier molecular flexibility index (Phi) is 8.32.